The van der Waals surface area contributed by atoms with Crippen LogP contribution in [0.2, 0.25) is 0 Å². The van der Waals surface area contributed by atoms with E-state index in [9.17, 15) is 0 Å². The van der Waals surface area contributed by atoms with Crippen molar-refractivity contribution >= 4 is 34.3 Å². The Hall–Kier alpha value is -4.25. The third-order valence-electron chi connectivity index (χ3n) is 4.82. The summed E-state index contributed by atoms with van der Waals surface area (Å²) in [6.07, 6.45) is 1.88. The Morgan fingerprint density at radius 2 is 1.56 bits per heavy atom. The van der Waals surface area contributed by atoms with Crippen LogP contribution in [-0.4, -0.2) is 16.8 Å². The number of para-hydroxylation sites is 1. The van der Waals surface area contributed by atoms with Gasteiger partial charge in [0.25, 0.3) is 0 Å². The molecule has 3 aromatic carbocycles. The molecule has 32 heavy (non-hydrogen) atoms. The molecule has 4 aromatic rings. The monoisotopic (exact) mass is 421 g/mol. The van der Waals surface area contributed by atoms with E-state index in [1.165, 1.54) is 6.92 Å². The lowest BCUT2D eigenvalue weighted by Crippen LogP contribution is -2.09. The SMILES string of the molecule is CC(=N)OC(=N)C(=Cc1ccccc1)c1ccc(OCc2ccc3ccccc3n2)cc1. The molecule has 0 radical (unpaired) electrons. The van der Waals surface area contributed by atoms with Crippen LogP contribution in [0.5, 0.6) is 5.75 Å². The second-order valence-electron chi connectivity index (χ2n) is 7.26. The molecule has 5 nitrogen and oxygen atoms in total. The molecule has 0 saturated heterocycles. The molecule has 0 bridgehead atoms. The maximum Gasteiger partial charge on any atom is 0.221 e. The third kappa shape index (κ3) is 5.26. The summed E-state index contributed by atoms with van der Waals surface area (Å²) in [5, 5.41) is 17.0. The molecule has 0 amide bonds. The van der Waals surface area contributed by atoms with Crippen LogP contribution in [0.25, 0.3) is 22.6 Å². The van der Waals surface area contributed by atoms with Crippen LogP contribution in [0.1, 0.15) is 23.7 Å². The largest absolute Gasteiger partial charge is 0.487 e. The minimum Gasteiger partial charge on any atom is -0.487 e. The van der Waals surface area contributed by atoms with Crippen LogP contribution in [-0.2, 0) is 11.3 Å². The van der Waals surface area contributed by atoms with E-state index >= 15 is 0 Å². The fraction of sp³-hybridized carbons (Fsp3) is 0.0741. The first-order valence-corrected chi connectivity index (χ1v) is 10.2. The van der Waals surface area contributed by atoms with E-state index in [1.807, 2.05) is 97.1 Å². The zero-order chi connectivity index (χ0) is 22.3. The van der Waals surface area contributed by atoms with E-state index in [0.717, 1.165) is 27.7 Å². The van der Waals surface area contributed by atoms with Crippen molar-refractivity contribution in [3.05, 3.63) is 108 Å². The van der Waals surface area contributed by atoms with Gasteiger partial charge in [-0.15, -0.1) is 0 Å². The highest BCUT2D eigenvalue weighted by molar-refractivity contribution is 6.25. The Kier molecular flexibility index (Phi) is 6.37. The van der Waals surface area contributed by atoms with Gasteiger partial charge in [0.2, 0.25) is 5.90 Å². The predicted octanol–water partition coefficient (Wildman–Crippen LogP) is 6.35. The highest BCUT2D eigenvalue weighted by Crippen LogP contribution is 2.24. The van der Waals surface area contributed by atoms with Crippen molar-refractivity contribution in [1.29, 1.82) is 10.8 Å². The van der Waals surface area contributed by atoms with Crippen molar-refractivity contribution in [2.45, 2.75) is 13.5 Å². The van der Waals surface area contributed by atoms with Crippen molar-refractivity contribution in [2.75, 3.05) is 0 Å². The molecular weight excluding hydrogens is 398 g/mol. The fourth-order valence-corrected chi connectivity index (χ4v) is 3.28. The number of benzene rings is 3. The number of hydrogen-bond acceptors (Lipinski definition) is 5. The number of nitrogens with one attached hydrogen (secondary N) is 2. The lowest BCUT2D eigenvalue weighted by atomic mass is 10.0. The average molecular weight is 422 g/mol. The van der Waals surface area contributed by atoms with E-state index in [0.29, 0.717) is 17.9 Å². The van der Waals surface area contributed by atoms with Crippen molar-refractivity contribution in [2.24, 2.45) is 0 Å². The molecule has 0 atom stereocenters. The van der Waals surface area contributed by atoms with Gasteiger partial charge in [-0.1, -0.05) is 66.7 Å². The highest BCUT2D eigenvalue weighted by Gasteiger charge is 2.12. The molecule has 4 rings (SSSR count). The number of ether oxygens (including phenoxy) is 2. The first-order chi connectivity index (χ1) is 15.6. The molecule has 2 N–H and O–H groups in total. The minimum absolute atomic E-state index is 0.0307. The Labute approximate surface area is 187 Å². The second kappa shape index (κ2) is 9.71. The lowest BCUT2D eigenvalue weighted by Gasteiger charge is -2.12. The zero-order valence-electron chi connectivity index (χ0n) is 17.7. The van der Waals surface area contributed by atoms with E-state index in [-0.39, 0.29) is 11.8 Å². The summed E-state index contributed by atoms with van der Waals surface area (Å²) in [6, 6.07) is 29.2. The standard InChI is InChI=1S/C27H23N3O2/c1-19(28)32-27(29)25(17-20-7-3-2-4-8-20)21-12-15-24(16-13-21)31-18-23-14-11-22-9-5-6-10-26(22)30-23/h2-17,28-29H,18H2,1H3. The second-order valence-corrected chi connectivity index (χ2v) is 7.26. The number of nitrogens with zero attached hydrogens (tertiary/aromatic N) is 1. The van der Waals surface area contributed by atoms with Crippen molar-refractivity contribution < 1.29 is 9.47 Å². The van der Waals surface area contributed by atoms with Crippen LogP contribution in [0.4, 0.5) is 0 Å². The summed E-state index contributed by atoms with van der Waals surface area (Å²) < 4.78 is 11.2. The van der Waals surface area contributed by atoms with E-state index in [1.54, 1.807) is 0 Å². The van der Waals surface area contributed by atoms with Gasteiger partial charge in [-0.05, 0) is 41.5 Å². The highest BCUT2D eigenvalue weighted by atomic mass is 16.5. The summed E-state index contributed by atoms with van der Waals surface area (Å²) in [7, 11) is 0. The fourth-order valence-electron chi connectivity index (χ4n) is 3.28. The van der Waals surface area contributed by atoms with Gasteiger partial charge in [-0.25, -0.2) is 4.98 Å². The first-order valence-electron chi connectivity index (χ1n) is 10.2. The van der Waals surface area contributed by atoms with Gasteiger partial charge in [0, 0.05) is 17.9 Å². The van der Waals surface area contributed by atoms with E-state index in [4.69, 9.17) is 20.3 Å². The van der Waals surface area contributed by atoms with Crippen molar-refractivity contribution in [3.63, 3.8) is 0 Å². The number of aromatic nitrogens is 1. The summed E-state index contributed by atoms with van der Waals surface area (Å²) in [5.74, 6) is 0.602. The molecule has 5 heteroatoms. The van der Waals surface area contributed by atoms with Gasteiger partial charge < -0.3 is 9.47 Å². The normalized spacial score (nSPS) is 11.2. The maximum atomic E-state index is 8.31. The zero-order valence-corrected chi connectivity index (χ0v) is 17.7. The van der Waals surface area contributed by atoms with E-state index < -0.39 is 0 Å². The van der Waals surface area contributed by atoms with E-state index in [2.05, 4.69) is 4.98 Å². The van der Waals surface area contributed by atoms with Gasteiger partial charge in [0.1, 0.15) is 12.4 Å². The van der Waals surface area contributed by atoms with Crippen LogP contribution in [0.3, 0.4) is 0 Å². The van der Waals surface area contributed by atoms with Crippen molar-refractivity contribution in [1.82, 2.24) is 4.98 Å². The third-order valence-corrected chi connectivity index (χ3v) is 4.82. The molecule has 1 aromatic heterocycles. The smallest absolute Gasteiger partial charge is 0.221 e. The van der Waals surface area contributed by atoms with Crippen LogP contribution in [0.15, 0.2) is 91.0 Å². The average Bonchev–Trinajstić information content (AvgIpc) is 2.82. The van der Waals surface area contributed by atoms with Crippen LogP contribution >= 0.6 is 0 Å². The Balaban J connectivity index is 1.52. The number of rotatable bonds is 6. The molecule has 0 unspecified atom stereocenters. The lowest BCUT2D eigenvalue weighted by molar-refractivity contribution is 0.302. The maximum absolute atomic E-state index is 8.31. The van der Waals surface area contributed by atoms with Gasteiger partial charge >= 0.3 is 0 Å². The van der Waals surface area contributed by atoms with Gasteiger partial charge in [0.15, 0.2) is 5.90 Å². The quantitative estimate of drug-likeness (QED) is 0.216. The Morgan fingerprint density at radius 3 is 2.31 bits per heavy atom. The summed E-state index contributed by atoms with van der Waals surface area (Å²) in [4.78, 5) is 4.63. The summed E-state index contributed by atoms with van der Waals surface area (Å²) in [5.41, 5.74) is 4.14. The molecule has 0 aliphatic rings. The minimum atomic E-state index is -0.0737. The molecule has 158 valence electrons. The summed E-state index contributed by atoms with van der Waals surface area (Å²) in [6.45, 7) is 1.87. The molecule has 0 aliphatic carbocycles. The van der Waals surface area contributed by atoms with Gasteiger partial charge in [0.05, 0.1) is 11.2 Å². The molecule has 0 fully saturated rings. The Bertz CT molecular complexity index is 1280. The van der Waals surface area contributed by atoms with Crippen molar-refractivity contribution in [3.8, 4) is 5.75 Å². The number of hydrogen-bond donors (Lipinski definition) is 2. The van der Waals surface area contributed by atoms with Crippen LogP contribution < -0.4 is 4.74 Å². The Morgan fingerprint density at radius 1 is 0.844 bits per heavy atom. The molecule has 0 saturated carbocycles. The number of fused-ring (bicyclic) bond motifs is 1. The molecule has 0 spiro atoms. The predicted molar refractivity (Wildman–Crippen MR) is 129 cm³/mol. The van der Waals surface area contributed by atoms with Gasteiger partial charge in [-0.2, -0.15) is 0 Å². The number of pyridine rings is 1. The first kappa shape index (κ1) is 21.0. The summed E-state index contributed by atoms with van der Waals surface area (Å²) >= 11 is 0. The molecule has 0 aliphatic heterocycles. The topological polar surface area (TPSA) is 79.0 Å². The van der Waals surface area contributed by atoms with Gasteiger partial charge in [-0.3, -0.25) is 10.8 Å². The molecule has 1 heterocycles. The molecular formula is C27H23N3O2. The van der Waals surface area contributed by atoms with Crippen LogP contribution in [0, 0.1) is 10.8 Å².